The predicted molar refractivity (Wildman–Crippen MR) is 46.6 cm³/mol. The van der Waals surface area contributed by atoms with Gasteiger partial charge in [-0.15, -0.1) is 0 Å². The molecule has 0 unspecified atom stereocenters. The van der Waals surface area contributed by atoms with Crippen LogP contribution in [0.1, 0.15) is 12.8 Å². The maximum absolute atomic E-state index is 10.1. The Hall–Kier alpha value is -1.58. The monoisotopic (exact) mass is 181 g/mol. The van der Waals surface area contributed by atoms with Crippen LogP contribution in [-0.2, 0) is 4.79 Å². The Balaban J connectivity index is 2.17. The van der Waals surface area contributed by atoms with Crippen LogP contribution in [0.5, 0.6) is 5.75 Å². The maximum atomic E-state index is 10.1. The van der Waals surface area contributed by atoms with Crippen molar-refractivity contribution in [3.8, 4) is 5.75 Å². The van der Waals surface area contributed by atoms with Crippen molar-refractivity contribution in [1.29, 1.82) is 0 Å². The number of aromatic nitrogens is 1. The second-order valence-electron chi connectivity index (χ2n) is 2.53. The lowest BCUT2D eigenvalue weighted by Crippen LogP contribution is -2.01. The largest absolute Gasteiger partial charge is 0.492 e. The van der Waals surface area contributed by atoms with E-state index in [9.17, 15) is 4.79 Å². The van der Waals surface area contributed by atoms with Crippen LogP contribution in [0.25, 0.3) is 0 Å². The van der Waals surface area contributed by atoms with Gasteiger partial charge in [0.2, 0.25) is 0 Å². The van der Waals surface area contributed by atoms with E-state index in [1.54, 1.807) is 24.5 Å². The van der Waals surface area contributed by atoms with Crippen LogP contribution in [-0.4, -0.2) is 22.7 Å². The van der Waals surface area contributed by atoms with E-state index in [1.807, 2.05) is 0 Å². The van der Waals surface area contributed by atoms with Crippen molar-refractivity contribution in [2.24, 2.45) is 0 Å². The molecule has 0 aliphatic carbocycles. The van der Waals surface area contributed by atoms with Crippen molar-refractivity contribution in [3.05, 3.63) is 24.5 Å². The van der Waals surface area contributed by atoms with Gasteiger partial charge in [-0.25, -0.2) is 0 Å². The van der Waals surface area contributed by atoms with Crippen molar-refractivity contribution < 1.29 is 14.6 Å². The summed E-state index contributed by atoms with van der Waals surface area (Å²) in [5, 5.41) is 8.34. The molecule has 4 heteroatoms. The highest BCUT2D eigenvalue weighted by molar-refractivity contribution is 5.66. The Morgan fingerprint density at radius 2 is 2.46 bits per heavy atom. The molecule has 1 rings (SSSR count). The number of pyridine rings is 1. The highest BCUT2D eigenvalue weighted by atomic mass is 16.5. The number of nitrogens with zero attached hydrogens (tertiary/aromatic N) is 1. The van der Waals surface area contributed by atoms with Gasteiger partial charge in [0.15, 0.2) is 0 Å². The van der Waals surface area contributed by atoms with Crippen LogP contribution in [0.3, 0.4) is 0 Å². The topological polar surface area (TPSA) is 59.4 Å². The van der Waals surface area contributed by atoms with Gasteiger partial charge in [-0.2, -0.15) is 0 Å². The number of hydrogen-bond acceptors (Lipinski definition) is 3. The van der Waals surface area contributed by atoms with Gasteiger partial charge in [0.1, 0.15) is 5.75 Å². The average molecular weight is 181 g/mol. The first-order valence-corrected chi connectivity index (χ1v) is 4.03. The van der Waals surface area contributed by atoms with E-state index < -0.39 is 5.97 Å². The first-order valence-electron chi connectivity index (χ1n) is 4.03. The molecule has 0 bridgehead atoms. The molecule has 13 heavy (non-hydrogen) atoms. The number of carboxylic acid groups (broad SMARTS) is 1. The van der Waals surface area contributed by atoms with Gasteiger partial charge >= 0.3 is 5.97 Å². The van der Waals surface area contributed by atoms with Gasteiger partial charge < -0.3 is 9.84 Å². The van der Waals surface area contributed by atoms with E-state index in [4.69, 9.17) is 9.84 Å². The quantitative estimate of drug-likeness (QED) is 0.696. The molecule has 1 aromatic heterocycles. The zero-order chi connectivity index (χ0) is 9.52. The summed E-state index contributed by atoms with van der Waals surface area (Å²) < 4.78 is 5.23. The Labute approximate surface area is 76.2 Å². The zero-order valence-corrected chi connectivity index (χ0v) is 7.14. The molecule has 1 heterocycles. The molecule has 70 valence electrons. The molecule has 0 aliphatic heterocycles. The van der Waals surface area contributed by atoms with E-state index >= 15 is 0 Å². The molecule has 0 fully saturated rings. The number of carboxylic acids is 1. The summed E-state index contributed by atoms with van der Waals surface area (Å²) in [5.41, 5.74) is 0. The molecule has 0 amide bonds. The van der Waals surface area contributed by atoms with E-state index in [0.29, 0.717) is 18.8 Å². The molecule has 1 aromatic rings. The van der Waals surface area contributed by atoms with Gasteiger partial charge in [0.25, 0.3) is 0 Å². The fraction of sp³-hybridized carbons (Fsp3) is 0.333. The summed E-state index contributed by atoms with van der Waals surface area (Å²) in [7, 11) is 0. The third kappa shape index (κ3) is 4.10. The highest BCUT2D eigenvalue weighted by Crippen LogP contribution is 2.06. The van der Waals surface area contributed by atoms with Crippen molar-refractivity contribution in [3.63, 3.8) is 0 Å². The van der Waals surface area contributed by atoms with Gasteiger partial charge in [-0.05, 0) is 18.6 Å². The third-order valence-corrected chi connectivity index (χ3v) is 1.44. The molecule has 0 atom stereocenters. The summed E-state index contributed by atoms with van der Waals surface area (Å²) in [6, 6.07) is 3.56. The summed E-state index contributed by atoms with van der Waals surface area (Å²) in [6.07, 6.45) is 3.91. The van der Waals surface area contributed by atoms with Crippen LogP contribution in [0.4, 0.5) is 0 Å². The fourth-order valence-corrected chi connectivity index (χ4v) is 0.846. The molecule has 0 saturated carbocycles. The van der Waals surface area contributed by atoms with Crippen LogP contribution < -0.4 is 4.74 Å². The fourth-order valence-electron chi connectivity index (χ4n) is 0.846. The normalized spacial score (nSPS) is 9.54. The second kappa shape index (κ2) is 5.13. The summed E-state index contributed by atoms with van der Waals surface area (Å²) in [5.74, 6) is -0.123. The van der Waals surface area contributed by atoms with Gasteiger partial charge in [-0.3, -0.25) is 9.78 Å². The van der Waals surface area contributed by atoms with Gasteiger partial charge in [0, 0.05) is 12.6 Å². The lowest BCUT2D eigenvalue weighted by molar-refractivity contribution is -0.137. The van der Waals surface area contributed by atoms with E-state index in [2.05, 4.69) is 4.98 Å². The Bertz CT molecular complexity index is 261. The SMILES string of the molecule is O=C(O)CCCOc1cccnc1. The van der Waals surface area contributed by atoms with Crippen molar-refractivity contribution >= 4 is 5.97 Å². The first-order chi connectivity index (χ1) is 6.29. The Morgan fingerprint density at radius 1 is 1.62 bits per heavy atom. The molecule has 0 aliphatic rings. The standard InChI is InChI=1S/C9H11NO3/c11-9(12)4-2-6-13-8-3-1-5-10-7-8/h1,3,5,7H,2,4,6H2,(H,11,12). The Morgan fingerprint density at radius 3 is 3.08 bits per heavy atom. The van der Waals surface area contributed by atoms with E-state index in [-0.39, 0.29) is 6.42 Å². The number of aliphatic carboxylic acids is 1. The number of ether oxygens (including phenoxy) is 1. The molecule has 1 N–H and O–H groups in total. The van der Waals surface area contributed by atoms with Crippen molar-refractivity contribution in [2.75, 3.05) is 6.61 Å². The molecule has 0 radical (unpaired) electrons. The molecule has 4 nitrogen and oxygen atoms in total. The lowest BCUT2D eigenvalue weighted by atomic mass is 10.3. The van der Waals surface area contributed by atoms with Crippen LogP contribution in [0, 0.1) is 0 Å². The van der Waals surface area contributed by atoms with Crippen molar-refractivity contribution in [2.45, 2.75) is 12.8 Å². The Kier molecular flexibility index (Phi) is 3.75. The summed E-state index contributed by atoms with van der Waals surface area (Å²) >= 11 is 0. The number of carbonyl (C=O) groups is 1. The number of hydrogen-bond donors (Lipinski definition) is 1. The van der Waals surface area contributed by atoms with Crippen LogP contribution >= 0.6 is 0 Å². The van der Waals surface area contributed by atoms with E-state index in [0.717, 1.165) is 0 Å². The molecule has 0 saturated heterocycles. The minimum atomic E-state index is -0.796. The van der Waals surface area contributed by atoms with Gasteiger partial charge in [0.05, 0.1) is 12.8 Å². The van der Waals surface area contributed by atoms with Gasteiger partial charge in [-0.1, -0.05) is 0 Å². The smallest absolute Gasteiger partial charge is 0.303 e. The third-order valence-electron chi connectivity index (χ3n) is 1.44. The average Bonchev–Trinajstić information content (AvgIpc) is 2.14. The predicted octanol–water partition coefficient (Wildman–Crippen LogP) is 1.33. The second-order valence-corrected chi connectivity index (χ2v) is 2.53. The lowest BCUT2D eigenvalue weighted by Gasteiger charge is -2.02. The summed E-state index contributed by atoms with van der Waals surface area (Å²) in [4.78, 5) is 14.0. The van der Waals surface area contributed by atoms with Crippen molar-refractivity contribution in [1.82, 2.24) is 4.98 Å². The molecular formula is C9H11NO3. The number of rotatable bonds is 5. The van der Waals surface area contributed by atoms with Crippen LogP contribution in [0.2, 0.25) is 0 Å². The van der Waals surface area contributed by atoms with E-state index in [1.165, 1.54) is 0 Å². The minimum absolute atomic E-state index is 0.139. The van der Waals surface area contributed by atoms with Crippen LogP contribution in [0.15, 0.2) is 24.5 Å². The maximum Gasteiger partial charge on any atom is 0.303 e. The summed E-state index contributed by atoms with van der Waals surface area (Å²) in [6.45, 7) is 0.415. The minimum Gasteiger partial charge on any atom is -0.492 e. The first kappa shape index (κ1) is 9.51. The molecule has 0 aromatic carbocycles. The highest BCUT2D eigenvalue weighted by Gasteiger charge is 1.96. The molecule has 0 spiro atoms. The molecular weight excluding hydrogens is 170 g/mol. The zero-order valence-electron chi connectivity index (χ0n) is 7.14.